The third-order valence-corrected chi connectivity index (χ3v) is 4.13. The zero-order valence-electron chi connectivity index (χ0n) is 15.0. The molecular weight excluding hydrogens is 380 g/mol. The molecule has 0 saturated heterocycles. The summed E-state index contributed by atoms with van der Waals surface area (Å²) in [7, 11) is 0. The summed E-state index contributed by atoms with van der Waals surface area (Å²) in [6.45, 7) is -0.265. The van der Waals surface area contributed by atoms with E-state index in [1.807, 2.05) is 6.07 Å². The molecule has 2 heterocycles. The summed E-state index contributed by atoms with van der Waals surface area (Å²) in [5, 5.41) is 10.0. The maximum atomic E-state index is 12.5. The van der Waals surface area contributed by atoms with Crippen molar-refractivity contribution < 1.29 is 19.1 Å². The summed E-state index contributed by atoms with van der Waals surface area (Å²) in [5.74, 6) is 0.0361. The van der Waals surface area contributed by atoms with E-state index in [0.717, 1.165) is 9.36 Å². The molecule has 11 nitrogen and oxygen atoms in total. The van der Waals surface area contributed by atoms with Crippen molar-refractivity contribution in [1.29, 1.82) is 0 Å². The Morgan fingerprint density at radius 3 is 2.55 bits per heavy atom. The number of carbonyl (C=O) groups is 2. The molecule has 2 amide bonds. The number of amides is 2. The second kappa shape index (κ2) is 7.46. The number of anilines is 1. The molecule has 0 spiro atoms. The number of nitrogens with one attached hydrogen (secondary N) is 1. The molecule has 11 heteroatoms. The Hall–Kier alpha value is -4.15. The van der Waals surface area contributed by atoms with E-state index in [-0.39, 0.29) is 19.1 Å². The van der Waals surface area contributed by atoms with Gasteiger partial charge in [0.15, 0.2) is 11.5 Å². The lowest BCUT2D eigenvalue weighted by atomic mass is 10.2. The topological polar surface area (TPSA) is 143 Å². The molecule has 1 aliphatic heterocycles. The van der Waals surface area contributed by atoms with Crippen molar-refractivity contribution in [2.24, 2.45) is 5.73 Å². The van der Waals surface area contributed by atoms with Crippen molar-refractivity contribution in [3.63, 3.8) is 0 Å². The molecule has 2 aromatic carbocycles. The summed E-state index contributed by atoms with van der Waals surface area (Å²) in [6, 6.07) is 13.5. The van der Waals surface area contributed by atoms with Crippen LogP contribution < -0.4 is 26.2 Å². The highest BCUT2D eigenvalue weighted by atomic mass is 16.6. The molecule has 1 aliphatic rings. The van der Waals surface area contributed by atoms with Gasteiger partial charge in [-0.3, -0.25) is 9.59 Å². The van der Waals surface area contributed by atoms with E-state index in [2.05, 4.69) is 15.7 Å². The second-order valence-corrected chi connectivity index (χ2v) is 6.20. The van der Waals surface area contributed by atoms with E-state index in [1.165, 1.54) is 0 Å². The van der Waals surface area contributed by atoms with E-state index in [9.17, 15) is 14.4 Å². The lowest BCUT2D eigenvalue weighted by molar-refractivity contribution is -0.125. The van der Waals surface area contributed by atoms with E-state index >= 15 is 0 Å². The number of nitrogens with two attached hydrogens (primary N) is 1. The molecule has 0 fully saturated rings. The fraction of sp³-hybridized carbons (Fsp3) is 0.167. The van der Waals surface area contributed by atoms with Crippen LogP contribution in [0.1, 0.15) is 0 Å². The predicted octanol–water partition coefficient (Wildman–Crippen LogP) is -0.307. The van der Waals surface area contributed by atoms with E-state index in [1.54, 1.807) is 42.5 Å². The predicted molar refractivity (Wildman–Crippen MR) is 99.8 cm³/mol. The molecule has 29 heavy (non-hydrogen) atoms. The average molecular weight is 396 g/mol. The minimum Gasteiger partial charge on any atom is -0.485 e. The molecule has 3 N–H and O–H groups in total. The van der Waals surface area contributed by atoms with Gasteiger partial charge in [-0.15, -0.1) is 0 Å². The van der Waals surface area contributed by atoms with E-state index < -0.39 is 17.7 Å². The van der Waals surface area contributed by atoms with Crippen molar-refractivity contribution >= 4 is 17.5 Å². The molecule has 3 aromatic rings. The summed E-state index contributed by atoms with van der Waals surface area (Å²) in [5.41, 5.74) is 5.37. The van der Waals surface area contributed by atoms with Crippen molar-refractivity contribution in [2.45, 2.75) is 12.6 Å². The van der Waals surface area contributed by atoms with E-state index in [0.29, 0.717) is 22.9 Å². The molecule has 0 aliphatic carbocycles. The van der Waals surface area contributed by atoms with Gasteiger partial charge in [-0.2, -0.15) is 9.36 Å². The van der Waals surface area contributed by atoms with Crippen LogP contribution in [0.2, 0.25) is 0 Å². The van der Waals surface area contributed by atoms with Crippen LogP contribution in [0.25, 0.3) is 5.69 Å². The van der Waals surface area contributed by atoms with Crippen LogP contribution >= 0.6 is 0 Å². The highest BCUT2D eigenvalue weighted by Gasteiger charge is 2.27. The normalized spacial score (nSPS) is 15.0. The number of nitrogens with zero attached hydrogens (tertiary/aromatic N) is 4. The summed E-state index contributed by atoms with van der Waals surface area (Å²) in [4.78, 5) is 35.6. The lowest BCUT2D eigenvalue weighted by Crippen LogP contribution is -2.40. The Labute approximate surface area is 163 Å². The Balaban J connectivity index is 1.44. The van der Waals surface area contributed by atoms with Crippen LogP contribution in [-0.2, 0) is 16.1 Å². The molecule has 0 bridgehead atoms. The van der Waals surface area contributed by atoms with Gasteiger partial charge in [-0.1, -0.05) is 12.1 Å². The van der Waals surface area contributed by atoms with Gasteiger partial charge >= 0.3 is 5.69 Å². The SMILES string of the molecule is NC(=O)Cn1nnn(-c2ccc(NC(=O)C3COc4ccccc4O3)cc2)c1=O. The van der Waals surface area contributed by atoms with Crippen LogP contribution in [0, 0.1) is 0 Å². The highest BCUT2D eigenvalue weighted by Crippen LogP contribution is 2.31. The minimum absolute atomic E-state index is 0.0965. The van der Waals surface area contributed by atoms with Crippen LogP contribution in [0.4, 0.5) is 5.69 Å². The minimum atomic E-state index is -0.791. The van der Waals surface area contributed by atoms with Crippen molar-refractivity contribution in [3.8, 4) is 17.2 Å². The first kappa shape index (κ1) is 18.2. The zero-order chi connectivity index (χ0) is 20.4. The maximum absolute atomic E-state index is 12.5. The first-order chi connectivity index (χ1) is 14.0. The van der Waals surface area contributed by atoms with Crippen LogP contribution in [0.5, 0.6) is 11.5 Å². The third-order valence-electron chi connectivity index (χ3n) is 4.13. The largest absolute Gasteiger partial charge is 0.485 e. The fourth-order valence-electron chi connectivity index (χ4n) is 2.74. The average Bonchev–Trinajstić information content (AvgIpc) is 3.08. The first-order valence-electron chi connectivity index (χ1n) is 8.62. The van der Waals surface area contributed by atoms with Gasteiger partial charge in [0.05, 0.1) is 5.69 Å². The van der Waals surface area contributed by atoms with E-state index in [4.69, 9.17) is 15.2 Å². The standard InChI is InChI=1S/C18H16N6O5/c19-16(25)9-23-18(27)24(22-21-23)12-7-5-11(6-8-12)20-17(26)15-10-28-13-3-1-2-4-14(13)29-15/h1-8,15H,9-10H2,(H2,19,25)(H,20,26). The number of benzene rings is 2. The first-order valence-corrected chi connectivity index (χ1v) is 8.62. The number of primary amides is 1. The molecular formula is C18H16N6O5. The Morgan fingerprint density at radius 2 is 1.83 bits per heavy atom. The lowest BCUT2D eigenvalue weighted by Gasteiger charge is -2.25. The number of fused-ring (bicyclic) bond motifs is 1. The molecule has 4 rings (SSSR count). The summed E-state index contributed by atoms with van der Waals surface area (Å²) in [6.07, 6.45) is -0.791. The molecule has 148 valence electrons. The van der Waals surface area contributed by atoms with Gasteiger partial charge in [0.25, 0.3) is 5.91 Å². The number of hydrogen-bond donors (Lipinski definition) is 2. The Kier molecular flexibility index (Phi) is 4.69. The number of hydrogen-bond acceptors (Lipinski definition) is 7. The molecule has 0 saturated carbocycles. The van der Waals surface area contributed by atoms with Gasteiger partial charge in [0.2, 0.25) is 12.0 Å². The molecule has 1 unspecified atom stereocenters. The summed E-state index contributed by atoms with van der Waals surface area (Å²) >= 11 is 0. The molecule has 1 atom stereocenters. The van der Waals surface area contributed by atoms with Gasteiger partial charge in [-0.25, -0.2) is 4.79 Å². The van der Waals surface area contributed by atoms with Gasteiger partial charge in [-0.05, 0) is 46.8 Å². The number of ether oxygens (including phenoxy) is 2. The number of rotatable bonds is 5. The van der Waals surface area contributed by atoms with Crippen LogP contribution in [0.3, 0.4) is 0 Å². The second-order valence-electron chi connectivity index (χ2n) is 6.20. The summed E-state index contributed by atoms with van der Waals surface area (Å²) < 4.78 is 13.1. The van der Waals surface area contributed by atoms with Crippen LogP contribution in [0.15, 0.2) is 53.3 Å². The smallest absolute Gasteiger partial charge is 0.368 e. The Morgan fingerprint density at radius 1 is 1.10 bits per heavy atom. The van der Waals surface area contributed by atoms with Crippen molar-refractivity contribution in [1.82, 2.24) is 19.8 Å². The van der Waals surface area contributed by atoms with Crippen molar-refractivity contribution in [2.75, 3.05) is 11.9 Å². The van der Waals surface area contributed by atoms with Gasteiger partial charge in [0, 0.05) is 5.69 Å². The number of carbonyl (C=O) groups excluding carboxylic acids is 2. The van der Waals surface area contributed by atoms with Crippen molar-refractivity contribution in [3.05, 3.63) is 59.0 Å². The van der Waals surface area contributed by atoms with Gasteiger partial charge < -0.3 is 20.5 Å². The van der Waals surface area contributed by atoms with Gasteiger partial charge in [0.1, 0.15) is 13.2 Å². The molecule has 1 aromatic heterocycles. The zero-order valence-corrected chi connectivity index (χ0v) is 15.0. The van der Waals surface area contributed by atoms with Crippen LogP contribution in [-0.4, -0.2) is 44.3 Å². The third kappa shape index (κ3) is 3.78. The highest BCUT2D eigenvalue weighted by molar-refractivity contribution is 5.94. The Bertz CT molecular complexity index is 1120. The maximum Gasteiger partial charge on any atom is 0.368 e. The molecule has 0 radical (unpaired) electrons. The monoisotopic (exact) mass is 396 g/mol. The quantitative estimate of drug-likeness (QED) is 0.602. The number of tetrazole rings is 1. The number of aromatic nitrogens is 4. The number of para-hydroxylation sites is 2. The fourth-order valence-corrected chi connectivity index (χ4v) is 2.74.